The normalized spacial score (nSPS) is 11.6. The van der Waals surface area contributed by atoms with Gasteiger partial charge in [0.25, 0.3) is 11.5 Å². The van der Waals surface area contributed by atoms with E-state index in [1.807, 2.05) is 0 Å². The number of aryl methyl sites for hydroxylation is 1. The van der Waals surface area contributed by atoms with Crippen LogP contribution in [0.15, 0.2) is 46.1 Å². The van der Waals surface area contributed by atoms with Gasteiger partial charge in [0.05, 0.1) is 11.3 Å². The van der Waals surface area contributed by atoms with Gasteiger partial charge < -0.3 is 5.32 Å². The van der Waals surface area contributed by atoms with Crippen LogP contribution < -0.4 is 16.6 Å². The third kappa shape index (κ3) is 3.21. The van der Waals surface area contributed by atoms with Crippen LogP contribution in [0.5, 0.6) is 0 Å². The van der Waals surface area contributed by atoms with E-state index in [0.717, 1.165) is 21.3 Å². The molecule has 1 aromatic carbocycles. The molecule has 0 aliphatic carbocycles. The maximum atomic E-state index is 12.8. The SMILES string of the molecule is Cn1c(=O)c2c(NC(=O)c3cccc(C(F)(F)F)c3)ccnc2n(C)c1=O. The molecule has 140 valence electrons. The number of rotatable bonds is 2. The molecule has 2 aromatic heterocycles. The lowest BCUT2D eigenvalue weighted by Crippen LogP contribution is -2.37. The second kappa shape index (κ2) is 6.38. The number of carbonyl (C=O) groups is 1. The van der Waals surface area contributed by atoms with Crippen LogP contribution in [-0.2, 0) is 20.3 Å². The van der Waals surface area contributed by atoms with Crippen molar-refractivity contribution in [1.82, 2.24) is 14.1 Å². The molecule has 3 aromatic rings. The molecule has 0 fully saturated rings. The fourth-order valence-electron chi connectivity index (χ4n) is 2.62. The topological polar surface area (TPSA) is 86.0 Å². The number of amides is 1. The molecule has 1 amide bonds. The molecule has 3 rings (SSSR count). The van der Waals surface area contributed by atoms with E-state index in [9.17, 15) is 27.6 Å². The number of pyridine rings is 1. The van der Waals surface area contributed by atoms with E-state index < -0.39 is 28.9 Å². The summed E-state index contributed by atoms with van der Waals surface area (Å²) in [5, 5.41) is 2.39. The zero-order valence-corrected chi connectivity index (χ0v) is 14.2. The van der Waals surface area contributed by atoms with Crippen molar-refractivity contribution in [2.24, 2.45) is 14.1 Å². The summed E-state index contributed by atoms with van der Waals surface area (Å²) in [7, 11) is 2.69. The van der Waals surface area contributed by atoms with Gasteiger partial charge in [-0.1, -0.05) is 6.07 Å². The quantitative estimate of drug-likeness (QED) is 0.738. The van der Waals surface area contributed by atoms with Crippen LogP contribution in [-0.4, -0.2) is 20.0 Å². The van der Waals surface area contributed by atoms with Crippen molar-refractivity contribution >= 4 is 22.6 Å². The Balaban J connectivity index is 2.09. The number of hydrogen-bond donors (Lipinski definition) is 1. The highest BCUT2D eigenvalue weighted by Gasteiger charge is 2.31. The molecule has 2 heterocycles. The average Bonchev–Trinajstić information content (AvgIpc) is 2.64. The molecule has 0 spiro atoms. The molecule has 1 N–H and O–H groups in total. The minimum Gasteiger partial charge on any atom is -0.321 e. The molecular formula is C17H13F3N4O3. The molecule has 0 saturated carbocycles. The maximum Gasteiger partial charge on any atom is 0.416 e. The van der Waals surface area contributed by atoms with Crippen molar-refractivity contribution < 1.29 is 18.0 Å². The minimum atomic E-state index is -4.59. The standard InChI is InChI=1S/C17H13F3N4O3/c1-23-13-12(15(26)24(2)16(23)27)11(6-7-21-13)22-14(25)9-4-3-5-10(8-9)17(18,19)20/h3-8H,1-2H3,(H,21,22,25). The van der Waals surface area contributed by atoms with E-state index in [-0.39, 0.29) is 22.3 Å². The lowest BCUT2D eigenvalue weighted by molar-refractivity contribution is -0.137. The van der Waals surface area contributed by atoms with E-state index in [1.165, 1.54) is 32.4 Å². The van der Waals surface area contributed by atoms with Gasteiger partial charge >= 0.3 is 11.9 Å². The predicted molar refractivity (Wildman–Crippen MR) is 91.6 cm³/mol. The molecule has 0 aliphatic heterocycles. The van der Waals surface area contributed by atoms with Gasteiger partial charge in [0.1, 0.15) is 5.39 Å². The highest BCUT2D eigenvalue weighted by molar-refractivity contribution is 6.08. The van der Waals surface area contributed by atoms with E-state index in [4.69, 9.17) is 0 Å². The third-order valence-corrected chi connectivity index (χ3v) is 4.04. The first-order chi connectivity index (χ1) is 12.6. The Labute approximate surface area is 149 Å². The van der Waals surface area contributed by atoms with Gasteiger partial charge in [0.15, 0.2) is 5.65 Å². The molecule has 10 heteroatoms. The summed E-state index contributed by atoms with van der Waals surface area (Å²) in [5.74, 6) is -0.829. The van der Waals surface area contributed by atoms with Gasteiger partial charge in [-0.3, -0.25) is 18.7 Å². The van der Waals surface area contributed by atoms with Crippen LogP contribution in [0.4, 0.5) is 18.9 Å². The van der Waals surface area contributed by atoms with Gasteiger partial charge in [-0.05, 0) is 24.3 Å². The highest BCUT2D eigenvalue weighted by Crippen LogP contribution is 2.29. The van der Waals surface area contributed by atoms with Gasteiger partial charge in [0, 0.05) is 25.9 Å². The molecule has 0 bridgehead atoms. The van der Waals surface area contributed by atoms with E-state index in [0.29, 0.717) is 6.07 Å². The molecule has 0 saturated heterocycles. The predicted octanol–water partition coefficient (Wildman–Crippen LogP) is 1.90. The highest BCUT2D eigenvalue weighted by atomic mass is 19.4. The molecular weight excluding hydrogens is 365 g/mol. The average molecular weight is 378 g/mol. The number of alkyl halides is 3. The van der Waals surface area contributed by atoms with Crippen LogP contribution in [0.3, 0.4) is 0 Å². The molecule has 7 nitrogen and oxygen atoms in total. The van der Waals surface area contributed by atoms with Crippen LogP contribution in [0.1, 0.15) is 15.9 Å². The number of carbonyl (C=O) groups excluding carboxylic acids is 1. The zero-order chi connectivity index (χ0) is 19.9. The first kappa shape index (κ1) is 18.4. The minimum absolute atomic E-state index is 0.0255. The molecule has 0 unspecified atom stereocenters. The van der Waals surface area contributed by atoms with E-state index in [1.54, 1.807) is 0 Å². The number of nitrogens with zero attached hydrogens (tertiary/aromatic N) is 3. The number of hydrogen-bond acceptors (Lipinski definition) is 4. The molecule has 0 atom stereocenters. The van der Waals surface area contributed by atoms with Crippen LogP contribution >= 0.6 is 0 Å². The van der Waals surface area contributed by atoms with Crippen molar-refractivity contribution in [3.05, 3.63) is 68.5 Å². The molecule has 0 radical (unpaired) electrons. The van der Waals surface area contributed by atoms with Crippen molar-refractivity contribution in [2.75, 3.05) is 5.32 Å². The fraction of sp³-hybridized carbons (Fsp3) is 0.176. The Hall–Kier alpha value is -3.43. The van der Waals surface area contributed by atoms with Crippen molar-refractivity contribution in [3.63, 3.8) is 0 Å². The summed E-state index contributed by atoms with van der Waals surface area (Å²) in [6.07, 6.45) is -3.31. The van der Waals surface area contributed by atoms with Crippen LogP contribution in [0, 0.1) is 0 Å². The third-order valence-electron chi connectivity index (χ3n) is 4.04. The number of benzene rings is 1. The van der Waals surface area contributed by atoms with Gasteiger partial charge in [-0.15, -0.1) is 0 Å². The summed E-state index contributed by atoms with van der Waals surface area (Å²) in [5.41, 5.74) is -2.38. The summed E-state index contributed by atoms with van der Waals surface area (Å²) >= 11 is 0. The van der Waals surface area contributed by atoms with Crippen LogP contribution in [0.2, 0.25) is 0 Å². The van der Waals surface area contributed by atoms with Crippen molar-refractivity contribution in [2.45, 2.75) is 6.18 Å². The smallest absolute Gasteiger partial charge is 0.321 e. The summed E-state index contributed by atoms with van der Waals surface area (Å²) < 4.78 is 40.5. The molecule has 0 aliphatic rings. The number of nitrogens with one attached hydrogen (secondary N) is 1. The summed E-state index contributed by atoms with van der Waals surface area (Å²) in [4.78, 5) is 40.8. The maximum absolute atomic E-state index is 12.8. The Morgan fingerprint density at radius 3 is 2.48 bits per heavy atom. The van der Waals surface area contributed by atoms with Crippen molar-refractivity contribution in [1.29, 1.82) is 0 Å². The van der Waals surface area contributed by atoms with E-state index in [2.05, 4.69) is 10.3 Å². The Morgan fingerprint density at radius 2 is 1.81 bits per heavy atom. The number of fused-ring (bicyclic) bond motifs is 1. The largest absolute Gasteiger partial charge is 0.416 e. The number of halogens is 3. The second-order valence-electron chi connectivity index (χ2n) is 5.80. The number of anilines is 1. The second-order valence-corrected chi connectivity index (χ2v) is 5.80. The number of aromatic nitrogens is 3. The summed E-state index contributed by atoms with van der Waals surface area (Å²) in [6.45, 7) is 0. The lowest BCUT2D eigenvalue weighted by Gasteiger charge is -2.12. The Kier molecular flexibility index (Phi) is 4.34. The van der Waals surface area contributed by atoms with Gasteiger partial charge in [0.2, 0.25) is 0 Å². The first-order valence-electron chi connectivity index (χ1n) is 7.64. The fourth-order valence-corrected chi connectivity index (χ4v) is 2.62. The summed E-state index contributed by atoms with van der Waals surface area (Å²) in [6, 6.07) is 5.24. The van der Waals surface area contributed by atoms with Crippen molar-refractivity contribution in [3.8, 4) is 0 Å². The Morgan fingerprint density at radius 1 is 1.11 bits per heavy atom. The zero-order valence-electron chi connectivity index (χ0n) is 14.2. The van der Waals surface area contributed by atoms with Gasteiger partial charge in [-0.2, -0.15) is 13.2 Å². The van der Waals surface area contributed by atoms with E-state index >= 15 is 0 Å². The van der Waals surface area contributed by atoms with Gasteiger partial charge in [-0.25, -0.2) is 9.78 Å². The monoisotopic (exact) mass is 378 g/mol. The lowest BCUT2D eigenvalue weighted by atomic mass is 10.1. The first-order valence-corrected chi connectivity index (χ1v) is 7.64. The molecule has 27 heavy (non-hydrogen) atoms. The Bertz CT molecular complexity index is 1180. The van der Waals surface area contributed by atoms with Crippen LogP contribution in [0.25, 0.3) is 11.0 Å².